The average molecular weight is 246 g/mol. The maximum absolute atomic E-state index is 11.8. The summed E-state index contributed by atoms with van der Waals surface area (Å²) in [5.41, 5.74) is 7.34. The van der Waals surface area contributed by atoms with Crippen LogP contribution in [-0.2, 0) is 6.54 Å². The lowest BCUT2D eigenvalue weighted by molar-refractivity contribution is -0.135. The van der Waals surface area contributed by atoms with Crippen LogP contribution in [0.15, 0.2) is 24.3 Å². The van der Waals surface area contributed by atoms with Gasteiger partial charge in [-0.3, -0.25) is 0 Å². The van der Waals surface area contributed by atoms with Gasteiger partial charge in [0.2, 0.25) is 0 Å². The highest BCUT2D eigenvalue weighted by Crippen LogP contribution is 2.21. The molecule has 0 fully saturated rings. The van der Waals surface area contributed by atoms with E-state index in [0.29, 0.717) is 25.2 Å². The second-order valence-corrected chi connectivity index (χ2v) is 3.99. The molecule has 0 aliphatic carbocycles. The topological polar surface area (TPSA) is 38.0 Å². The summed E-state index contributed by atoms with van der Waals surface area (Å²) in [6, 6.07) is 7.44. The van der Waals surface area contributed by atoms with Gasteiger partial charge >= 0.3 is 6.18 Å². The van der Waals surface area contributed by atoms with E-state index in [1.165, 1.54) is 0 Å². The molecule has 0 amide bonds. The number of alkyl halides is 3. The molecular formula is C12H17F3N2. The smallest absolute Gasteiger partial charge is 0.389 e. The summed E-state index contributed by atoms with van der Waals surface area (Å²) >= 11 is 0. The maximum atomic E-state index is 11.8. The number of halogens is 3. The Hall–Kier alpha value is -1.23. The number of nitrogens with two attached hydrogens (primary N) is 1. The second-order valence-electron chi connectivity index (χ2n) is 3.99. The molecule has 2 nitrogen and oxygen atoms in total. The zero-order chi connectivity index (χ0) is 12.7. The molecule has 1 aromatic rings. The van der Waals surface area contributed by atoms with Crippen LogP contribution in [0, 0.1) is 0 Å². The third kappa shape index (κ3) is 6.84. The van der Waals surface area contributed by atoms with Crippen LogP contribution < -0.4 is 11.1 Å². The Balaban J connectivity index is 2.09. The van der Waals surface area contributed by atoms with Gasteiger partial charge in [0.1, 0.15) is 0 Å². The van der Waals surface area contributed by atoms with Gasteiger partial charge in [-0.2, -0.15) is 13.2 Å². The predicted octanol–water partition coefficient (Wildman–Crippen LogP) is 3.09. The highest BCUT2D eigenvalue weighted by molar-refractivity contribution is 5.40. The summed E-state index contributed by atoms with van der Waals surface area (Å²) in [4.78, 5) is 0. The molecule has 0 atom stereocenters. The largest absolute Gasteiger partial charge is 0.399 e. The normalized spacial score (nSPS) is 11.7. The van der Waals surface area contributed by atoms with Gasteiger partial charge in [0.05, 0.1) is 0 Å². The minimum atomic E-state index is -4.03. The van der Waals surface area contributed by atoms with E-state index in [9.17, 15) is 13.2 Å². The van der Waals surface area contributed by atoms with Gasteiger partial charge in [0.25, 0.3) is 0 Å². The fourth-order valence-electron chi connectivity index (χ4n) is 1.51. The van der Waals surface area contributed by atoms with Crippen LogP contribution >= 0.6 is 0 Å². The van der Waals surface area contributed by atoms with Crippen molar-refractivity contribution in [3.8, 4) is 0 Å². The van der Waals surface area contributed by atoms with Crippen molar-refractivity contribution >= 4 is 5.69 Å². The summed E-state index contributed by atoms with van der Waals surface area (Å²) in [7, 11) is 0. The predicted molar refractivity (Wildman–Crippen MR) is 62.5 cm³/mol. The van der Waals surface area contributed by atoms with Gasteiger partial charge in [-0.25, -0.2) is 0 Å². The summed E-state index contributed by atoms with van der Waals surface area (Å²) < 4.78 is 35.5. The van der Waals surface area contributed by atoms with Gasteiger partial charge in [0, 0.05) is 18.7 Å². The van der Waals surface area contributed by atoms with Crippen LogP contribution in [-0.4, -0.2) is 12.7 Å². The van der Waals surface area contributed by atoms with E-state index in [1.54, 1.807) is 6.07 Å². The highest BCUT2D eigenvalue weighted by atomic mass is 19.4. The van der Waals surface area contributed by atoms with Gasteiger partial charge in [-0.05, 0) is 37.1 Å². The van der Waals surface area contributed by atoms with Crippen molar-refractivity contribution in [3.63, 3.8) is 0 Å². The molecule has 0 unspecified atom stereocenters. The van der Waals surface area contributed by atoms with Crippen molar-refractivity contribution in [3.05, 3.63) is 29.8 Å². The third-order valence-corrected chi connectivity index (χ3v) is 2.34. The van der Waals surface area contributed by atoms with Crippen molar-refractivity contribution < 1.29 is 13.2 Å². The number of hydrogen-bond donors (Lipinski definition) is 2. The van der Waals surface area contributed by atoms with Gasteiger partial charge in [0.15, 0.2) is 0 Å². The van der Waals surface area contributed by atoms with Gasteiger partial charge in [-0.15, -0.1) is 0 Å². The summed E-state index contributed by atoms with van der Waals surface area (Å²) in [6.07, 6.45) is -4.03. The van der Waals surface area contributed by atoms with E-state index in [2.05, 4.69) is 5.32 Å². The molecule has 96 valence electrons. The number of nitrogens with one attached hydrogen (secondary N) is 1. The quantitative estimate of drug-likeness (QED) is 0.598. The van der Waals surface area contributed by atoms with Crippen LogP contribution in [0.25, 0.3) is 0 Å². The summed E-state index contributed by atoms with van der Waals surface area (Å²) in [5, 5.41) is 3.09. The van der Waals surface area contributed by atoms with Crippen LogP contribution in [0.5, 0.6) is 0 Å². The molecule has 0 spiro atoms. The van der Waals surface area contributed by atoms with Gasteiger partial charge < -0.3 is 11.1 Å². The van der Waals surface area contributed by atoms with Crippen molar-refractivity contribution in [1.82, 2.24) is 5.32 Å². The first kappa shape index (κ1) is 13.8. The number of anilines is 1. The minimum absolute atomic E-state index is 0.174. The lowest BCUT2D eigenvalue weighted by Gasteiger charge is -2.07. The van der Waals surface area contributed by atoms with Crippen molar-refractivity contribution in [2.45, 2.75) is 32.0 Å². The summed E-state index contributed by atoms with van der Waals surface area (Å²) in [5.74, 6) is 0. The minimum Gasteiger partial charge on any atom is -0.399 e. The first-order valence-corrected chi connectivity index (χ1v) is 5.59. The van der Waals surface area contributed by atoms with E-state index in [1.807, 2.05) is 18.2 Å². The molecule has 0 aliphatic rings. The Bertz CT molecular complexity index is 337. The molecule has 0 bridgehead atoms. The van der Waals surface area contributed by atoms with Crippen LogP contribution in [0.2, 0.25) is 0 Å². The Morgan fingerprint density at radius 3 is 2.59 bits per heavy atom. The first-order valence-electron chi connectivity index (χ1n) is 5.59. The molecular weight excluding hydrogens is 229 g/mol. The molecule has 0 aliphatic heterocycles. The molecule has 17 heavy (non-hydrogen) atoms. The zero-order valence-electron chi connectivity index (χ0n) is 9.56. The van der Waals surface area contributed by atoms with Crippen molar-refractivity contribution in [2.24, 2.45) is 0 Å². The van der Waals surface area contributed by atoms with Gasteiger partial charge in [-0.1, -0.05) is 12.1 Å². The fraction of sp³-hybridized carbons (Fsp3) is 0.500. The molecule has 0 saturated heterocycles. The van der Waals surface area contributed by atoms with Crippen molar-refractivity contribution in [2.75, 3.05) is 12.3 Å². The zero-order valence-corrected chi connectivity index (χ0v) is 9.56. The van der Waals surface area contributed by atoms with E-state index in [0.717, 1.165) is 5.56 Å². The number of benzene rings is 1. The molecule has 0 saturated carbocycles. The number of unbranched alkanes of at least 4 members (excludes halogenated alkanes) is 1. The third-order valence-electron chi connectivity index (χ3n) is 2.34. The highest BCUT2D eigenvalue weighted by Gasteiger charge is 2.25. The van der Waals surface area contributed by atoms with Crippen LogP contribution in [0.3, 0.4) is 0 Å². The maximum Gasteiger partial charge on any atom is 0.389 e. The van der Waals surface area contributed by atoms with E-state index in [-0.39, 0.29) is 6.42 Å². The van der Waals surface area contributed by atoms with Crippen LogP contribution in [0.1, 0.15) is 24.8 Å². The van der Waals surface area contributed by atoms with Crippen LogP contribution in [0.4, 0.5) is 18.9 Å². The Morgan fingerprint density at radius 2 is 1.94 bits per heavy atom. The van der Waals surface area contributed by atoms with E-state index in [4.69, 9.17) is 5.73 Å². The van der Waals surface area contributed by atoms with E-state index >= 15 is 0 Å². The monoisotopic (exact) mass is 246 g/mol. The second kappa shape index (κ2) is 6.49. The first-order chi connectivity index (χ1) is 7.97. The Morgan fingerprint density at radius 1 is 1.18 bits per heavy atom. The molecule has 0 aromatic heterocycles. The standard InChI is InChI=1S/C12H17F3N2/c13-12(14,15)6-1-2-7-17-9-10-4-3-5-11(16)8-10/h3-5,8,17H,1-2,6-7,9,16H2. The lowest BCUT2D eigenvalue weighted by atomic mass is 10.2. The molecule has 0 radical (unpaired) electrons. The lowest BCUT2D eigenvalue weighted by Crippen LogP contribution is -2.16. The molecule has 1 aromatic carbocycles. The number of hydrogen-bond acceptors (Lipinski definition) is 2. The molecule has 3 N–H and O–H groups in total. The molecule has 0 heterocycles. The summed E-state index contributed by atoms with van der Waals surface area (Å²) in [6.45, 7) is 1.22. The van der Waals surface area contributed by atoms with Crippen molar-refractivity contribution in [1.29, 1.82) is 0 Å². The number of nitrogen functional groups attached to an aromatic ring is 1. The SMILES string of the molecule is Nc1cccc(CNCCCCC(F)(F)F)c1. The number of rotatable bonds is 6. The molecule has 1 rings (SSSR count). The Kier molecular flexibility index (Phi) is 5.28. The average Bonchev–Trinajstić information content (AvgIpc) is 2.22. The Labute approximate surface area is 99.0 Å². The van der Waals surface area contributed by atoms with E-state index < -0.39 is 12.6 Å². The fourth-order valence-corrected chi connectivity index (χ4v) is 1.51. The molecule has 5 heteroatoms.